The van der Waals surface area contributed by atoms with Gasteiger partial charge in [0.1, 0.15) is 25.6 Å². The number of sulfonamides is 1. The van der Waals surface area contributed by atoms with E-state index in [2.05, 4.69) is 5.32 Å². The molecule has 0 bridgehead atoms. The Bertz CT molecular complexity index is 1280. The molecule has 0 unspecified atom stereocenters. The lowest BCUT2D eigenvalue weighted by atomic mass is 10.2. The van der Waals surface area contributed by atoms with Crippen molar-refractivity contribution >= 4 is 27.3 Å². The minimum Gasteiger partial charge on any atom is -0.486 e. The number of hydrogen-bond donors (Lipinski definition) is 1. The highest BCUT2D eigenvalue weighted by Gasteiger charge is 2.29. The SMILES string of the molecule is COCc1cccc(NC(=O)CN(c2ccc(F)cc2)S(=O)(=O)c2ccc3c(c2)OCCO3)c1. The smallest absolute Gasteiger partial charge is 0.264 e. The summed E-state index contributed by atoms with van der Waals surface area (Å²) in [5, 5.41) is 2.71. The molecule has 0 spiro atoms. The van der Waals surface area contributed by atoms with Crippen LogP contribution in [0.15, 0.2) is 71.6 Å². The van der Waals surface area contributed by atoms with Crippen molar-refractivity contribution < 1.29 is 31.8 Å². The average Bonchev–Trinajstić information content (AvgIpc) is 2.83. The van der Waals surface area contributed by atoms with E-state index in [1.807, 2.05) is 6.07 Å². The fourth-order valence-corrected chi connectivity index (χ4v) is 4.91. The maximum absolute atomic E-state index is 13.6. The Morgan fingerprint density at radius 2 is 1.76 bits per heavy atom. The highest BCUT2D eigenvalue weighted by molar-refractivity contribution is 7.92. The Morgan fingerprint density at radius 1 is 1.03 bits per heavy atom. The lowest BCUT2D eigenvalue weighted by Crippen LogP contribution is -2.38. The van der Waals surface area contributed by atoms with Gasteiger partial charge in [-0.15, -0.1) is 0 Å². The van der Waals surface area contributed by atoms with Crippen molar-refractivity contribution in [3.8, 4) is 11.5 Å². The molecule has 10 heteroatoms. The number of amides is 1. The summed E-state index contributed by atoms with van der Waals surface area (Å²) >= 11 is 0. The van der Waals surface area contributed by atoms with Crippen molar-refractivity contribution in [1.29, 1.82) is 0 Å². The Hall–Kier alpha value is -3.63. The number of nitrogens with one attached hydrogen (secondary N) is 1. The number of anilines is 2. The summed E-state index contributed by atoms with van der Waals surface area (Å²) in [5.74, 6) is -0.363. The van der Waals surface area contributed by atoms with Crippen molar-refractivity contribution in [1.82, 2.24) is 0 Å². The van der Waals surface area contributed by atoms with Gasteiger partial charge in [0.15, 0.2) is 11.5 Å². The predicted molar refractivity (Wildman–Crippen MR) is 124 cm³/mol. The summed E-state index contributed by atoms with van der Waals surface area (Å²) in [7, 11) is -2.65. The van der Waals surface area contributed by atoms with E-state index in [1.54, 1.807) is 25.3 Å². The molecule has 0 radical (unpaired) electrons. The molecule has 0 aliphatic carbocycles. The van der Waals surface area contributed by atoms with Gasteiger partial charge in [-0.3, -0.25) is 9.10 Å². The molecule has 1 amide bonds. The van der Waals surface area contributed by atoms with Gasteiger partial charge >= 0.3 is 0 Å². The van der Waals surface area contributed by atoms with Crippen molar-refractivity contribution in [3.63, 3.8) is 0 Å². The number of hydrogen-bond acceptors (Lipinski definition) is 6. The maximum atomic E-state index is 13.6. The second kappa shape index (κ2) is 10.1. The molecular weight excluding hydrogens is 463 g/mol. The highest BCUT2D eigenvalue weighted by Crippen LogP contribution is 2.34. The zero-order valence-corrected chi connectivity index (χ0v) is 19.2. The third-order valence-electron chi connectivity index (χ3n) is 5.03. The number of rotatable bonds is 8. The number of nitrogens with zero attached hydrogens (tertiary/aromatic N) is 1. The molecule has 34 heavy (non-hydrogen) atoms. The van der Waals surface area contributed by atoms with Crippen molar-refractivity contribution in [2.75, 3.05) is 36.5 Å². The van der Waals surface area contributed by atoms with E-state index >= 15 is 0 Å². The summed E-state index contributed by atoms with van der Waals surface area (Å²) in [6, 6.07) is 16.1. The molecule has 3 aromatic rings. The molecule has 4 rings (SSSR count). The number of carbonyl (C=O) groups is 1. The number of benzene rings is 3. The Balaban J connectivity index is 1.63. The van der Waals surface area contributed by atoms with Crippen molar-refractivity contribution in [3.05, 3.63) is 78.1 Å². The quantitative estimate of drug-likeness (QED) is 0.523. The first-order valence-corrected chi connectivity index (χ1v) is 11.9. The van der Waals surface area contributed by atoms with E-state index < -0.39 is 28.3 Å². The van der Waals surface area contributed by atoms with Crippen LogP contribution in [0.2, 0.25) is 0 Å². The van der Waals surface area contributed by atoms with Crippen LogP contribution in [0.3, 0.4) is 0 Å². The van der Waals surface area contributed by atoms with Gasteiger partial charge in [0.2, 0.25) is 5.91 Å². The van der Waals surface area contributed by atoms with Crippen molar-refractivity contribution in [2.45, 2.75) is 11.5 Å². The first kappa shape index (κ1) is 23.5. The maximum Gasteiger partial charge on any atom is 0.264 e. The summed E-state index contributed by atoms with van der Waals surface area (Å²) in [6.45, 7) is 0.496. The van der Waals surface area contributed by atoms with Gasteiger partial charge in [0.25, 0.3) is 10.0 Å². The Morgan fingerprint density at radius 3 is 2.50 bits per heavy atom. The molecule has 1 aliphatic heterocycles. The Labute approximate surface area is 196 Å². The fraction of sp³-hybridized carbons (Fsp3) is 0.208. The molecule has 1 aliphatic rings. The van der Waals surface area contributed by atoms with Crippen molar-refractivity contribution in [2.24, 2.45) is 0 Å². The average molecular weight is 487 g/mol. The van der Waals surface area contributed by atoms with E-state index in [0.717, 1.165) is 22.0 Å². The van der Waals surface area contributed by atoms with Crippen LogP contribution in [-0.4, -0.2) is 41.2 Å². The van der Waals surface area contributed by atoms with Crippen LogP contribution in [0.4, 0.5) is 15.8 Å². The van der Waals surface area contributed by atoms with Crippen LogP contribution in [0, 0.1) is 5.82 Å². The lowest BCUT2D eigenvalue weighted by Gasteiger charge is -2.25. The number of ether oxygens (including phenoxy) is 3. The van der Waals surface area contributed by atoms with E-state index in [4.69, 9.17) is 14.2 Å². The Kier molecular flexibility index (Phi) is 6.99. The monoisotopic (exact) mass is 486 g/mol. The van der Waals surface area contributed by atoms with Crippen LogP contribution in [0.5, 0.6) is 11.5 Å². The molecular formula is C24H23FN2O6S. The van der Waals surface area contributed by atoms with Gasteiger partial charge in [0.05, 0.1) is 17.2 Å². The van der Waals surface area contributed by atoms with Crippen LogP contribution >= 0.6 is 0 Å². The normalized spacial score (nSPS) is 12.8. The van der Waals surface area contributed by atoms with Gasteiger partial charge in [-0.25, -0.2) is 12.8 Å². The third kappa shape index (κ3) is 5.29. The van der Waals surface area contributed by atoms with Gasteiger partial charge in [-0.05, 0) is 54.1 Å². The third-order valence-corrected chi connectivity index (χ3v) is 6.80. The number of halogens is 1. The van der Waals surface area contributed by atoms with E-state index in [-0.39, 0.29) is 10.6 Å². The number of carbonyl (C=O) groups excluding carboxylic acids is 1. The van der Waals surface area contributed by atoms with Gasteiger partial charge in [0, 0.05) is 18.9 Å². The summed E-state index contributed by atoms with van der Waals surface area (Å²) < 4.78 is 57.7. The van der Waals surface area contributed by atoms with Crippen LogP contribution < -0.4 is 19.1 Å². The zero-order chi connectivity index (χ0) is 24.1. The number of fused-ring (bicyclic) bond motifs is 1. The first-order valence-electron chi connectivity index (χ1n) is 10.4. The molecule has 0 saturated heterocycles. The predicted octanol–water partition coefficient (Wildman–Crippen LogP) is 3.58. The molecule has 0 atom stereocenters. The number of methoxy groups -OCH3 is 1. The zero-order valence-electron chi connectivity index (χ0n) is 18.4. The summed E-state index contributed by atoms with van der Waals surface area (Å²) in [6.07, 6.45) is 0. The molecule has 1 N–H and O–H groups in total. The molecule has 8 nitrogen and oxygen atoms in total. The fourth-order valence-electron chi connectivity index (χ4n) is 3.47. The summed E-state index contributed by atoms with van der Waals surface area (Å²) in [4.78, 5) is 12.8. The molecule has 0 fully saturated rings. The largest absolute Gasteiger partial charge is 0.486 e. The first-order chi connectivity index (χ1) is 16.4. The van der Waals surface area contributed by atoms with E-state index in [9.17, 15) is 17.6 Å². The molecule has 1 heterocycles. The lowest BCUT2D eigenvalue weighted by molar-refractivity contribution is -0.114. The van der Waals surface area contributed by atoms with E-state index in [1.165, 1.54) is 30.3 Å². The second-order valence-corrected chi connectivity index (χ2v) is 9.34. The summed E-state index contributed by atoms with van der Waals surface area (Å²) in [5.41, 5.74) is 1.48. The van der Waals surface area contributed by atoms with Crippen LogP contribution in [0.25, 0.3) is 0 Å². The standard InChI is InChI=1S/C24H23FN2O6S/c1-31-16-17-3-2-4-19(13-17)26-24(28)15-27(20-7-5-18(25)6-8-20)34(29,30)21-9-10-22-23(14-21)33-12-11-32-22/h2-10,13-14H,11-12,15-16H2,1H3,(H,26,28). The molecule has 178 valence electrons. The molecule has 0 saturated carbocycles. The van der Waals surface area contributed by atoms with Gasteiger partial charge in [-0.1, -0.05) is 12.1 Å². The minimum atomic E-state index is -4.21. The van der Waals surface area contributed by atoms with Crippen LogP contribution in [-0.2, 0) is 26.2 Å². The van der Waals surface area contributed by atoms with E-state index in [0.29, 0.717) is 37.0 Å². The molecule has 3 aromatic carbocycles. The minimum absolute atomic E-state index is 0.0871. The molecule has 0 aromatic heterocycles. The van der Waals surface area contributed by atoms with Gasteiger partial charge < -0.3 is 19.5 Å². The van der Waals surface area contributed by atoms with Crippen LogP contribution in [0.1, 0.15) is 5.56 Å². The second-order valence-electron chi connectivity index (χ2n) is 7.48. The highest BCUT2D eigenvalue weighted by atomic mass is 32.2. The van der Waals surface area contributed by atoms with Gasteiger partial charge in [-0.2, -0.15) is 0 Å². The topological polar surface area (TPSA) is 94.2 Å².